The minimum atomic E-state index is -0.270. The highest BCUT2D eigenvalue weighted by molar-refractivity contribution is 6.10. The SMILES string of the molecule is CCOc1ccc(NC(=NCC2CCCO2)NC(=O)c2cccc(OC)c2)cc1. The van der Waals surface area contributed by atoms with Crippen LogP contribution in [-0.4, -0.2) is 44.8 Å². The van der Waals surface area contributed by atoms with Crippen molar-refractivity contribution < 1.29 is 19.0 Å². The highest BCUT2D eigenvalue weighted by Crippen LogP contribution is 2.17. The highest BCUT2D eigenvalue weighted by Gasteiger charge is 2.16. The smallest absolute Gasteiger partial charge is 0.258 e. The molecule has 2 aromatic rings. The van der Waals surface area contributed by atoms with Crippen LogP contribution < -0.4 is 20.1 Å². The van der Waals surface area contributed by atoms with Gasteiger partial charge in [-0.3, -0.25) is 10.1 Å². The predicted octanol–water partition coefficient (Wildman–Crippen LogP) is 3.47. The highest BCUT2D eigenvalue weighted by atomic mass is 16.5. The molecule has 0 aromatic heterocycles. The molecule has 1 aliphatic rings. The van der Waals surface area contributed by atoms with Gasteiger partial charge in [-0.1, -0.05) is 6.07 Å². The van der Waals surface area contributed by atoms with Gasteiger partial charge in [0.1, 0.15) is 11.5 Å². The van der Waals surface area contributed by atoms with Crippen LogP contribution in [0.5, 0.6) is 11.5 Å². The monoisotopic (exact) mass is 397 g/mol. The average molecular weight is 397 g/mol. The van der Waals surface area contributed by atoms with Crippen molar-refractivity contribution in [3.8, 4) is 11.5 Å². The Bertz CT molecular complexity index is 830. The van der Waals surface area contributed by atoms with Crippen molar-refractivity contribution in [3.63, 3.8) is 0 Å². The van der Waals surface area contributed by atoms with Crippen LogP contribution in [0.2, 0.25) is 0 Å². The van der Waals surface area contributed by atoms with Crippen molar-refractivity contribution in [1.29, 1.82) is 0 Å². The molecule has 1 aliphatic heterocycles. The molecule has 1 unspecified atom stereocenters. The van der Waals surface area contributed by atoms with Crippen LogP contribution in [0.4, 0.5) is 5.69 Å². The summed E-state index contributed by atoms with van der Waals surface area (Å²) >= 11 is 0. The number of carbonyl (C=O) groups excluding carboxylic acids is 1. The van der Waals surface area contributed by atoms with Crippen LogP contribution in [-0.2, 0) is 4.74 Å². The quantitative estimate of drug-likeness (QED) is 0.552. The molecular weight excluding hydrogens is 370 g/mol. The van der Waals surface area contributed by atoms with Crippen molar-refractivity contribution >= 4 is 17.6 Å². The molecule has 29 heavy (non-hydrogen) atoms. The van der Waals surface area contributed by atoms with E-state index in [1.54, 1.807) is 31.4 Å². The summed E-state index contributed by atoms with van der Waals surface area (Å²) in [5.41, 5.74) is 1.29. The summed E-state index contributed by atoms with van der Waals surface area (Å²) in [5.74, 6) is 1.51. The molecule has 1 atom stereocenters. The third-order valence-corrected chi connectivity index (χ3v) is 4.47. The fraction of sp³-hybridized carbons (Fsp3) is 0.364. The molecule has 2 N–H and O–H groups in total. The maximum absolute atomic E-state index is 12.7. The number of amides is 1. The standard InChI is InChI=1S/C22H27N3O4/c1-3-28-18-11-9-17(10-12-18)24-22(23-15-20-8-5-13-29-20)25-21(26)16-6-4-7-19(14-16)27-2/h4,6-7,9-12,14,20H,3,5,8,13,15H2,1-2H3,(H2,23,24,25,26). The molecule has 3 rings (SSSR count). The van der Waals surface area contributed by atoms with Crippen molar-refractivity contribution in [2.45, 2.75) is 25.9 Å². The van der Waals surface area contributed by atoms with E-state index in [1.807, 2.05) is 31.2 Å². The van der Waals surface area contributed by atoms with Gasteiger partial charge in [0.25, 0.3) is 5.91 Å². The number of hydrogen-bond donors (Lipinski definition) is 2. The van der Waals surface area contributed by atoms with Crippen molar-refractivity contribution in [2.75, 3.05) is 32.2 Å². The normalized spacial score (nSPS) is 16.3. The first-order valence-electron chi connectivity index (χ1n) is 9.79. The minimum absolute atomic E-state index is 0.0841. The van der Waals surface area contributed by atoms with E-state index in [9.17, 15) is 4.79 Å². The number of benzene rings is 2. The molecule has 0 bridgehead atoms. The molecule has 1 saturated heterocycles. The first-order chi connectivity index (χ1) is 14.2. The van der Waals surface area contributed by atoms with Gasteiger partial charge >= 0.3 is 0 Å². The van der Waals surface area contributed by atoms with Gasteiger partial charge in [-0.2, -0.15) is 0 Å². The first-order valence-corrected chi connectivity index (χ1v) is 9.79. The van der Waals surface area contributed by atoms with Crippen LogP contribution >= 0.6 is 0 Å². The van der Waals surface area contributed by atoms with E-state index >= 15 is 0 Å². The van der Waals surface area contributed by atoms with E-state index in [2.05, 4.69) is 15.6 Å². The molecule has 1 fully saturated rings. The van der Waals surface area contributed by atoms with Crippen molar-refractivity contribution in [1.82, 2.24) is 5.32 Å². The summed E-state index contributed by atoms with van der Waals surface area (Å²) in [6, 6.07) is 14.5. The molecule has 7 heteroatoms. The number of carbonyl (C=O) groups is 1. The van der Waals surface area contributed by atoms with E-state index in [1.165, 1.54) is 0 Å². The Balaban J connectivity index is 1.72. The van der Waals surface area contributed by atoms with E-state index < -0.39 is 0 Å². The van der Waals surface area contributed by atoms with Crippen LogP contribution in [0.3, 0.4) is 0 Å². The number of guanidine groups is 1. The maximum Gasteiger partial charge on any atom is 0.258 e. The third kappa shape index (κ3) is 6.22. The lowest BCUT2D eigenvalue weighted by Crippen LogP contribution is -2.36. The molecule has 0 saturated carbocycles. The lowest BCUT2D eigenvalue weighted by Gasteiger charge is -2.14. The lowest BCUT2D eigenvalue weighted by molar-refractivity contribution is 0.0975. The second-order valence-electron chi connectivity index (χ2n) is 6.59. The molecule has 0 aliphatic carbocycles. The Morgan fingerprint density at radius 3 is 2.72 bits per heavy atom. The number of rotatable bonds is 7. The Morgan fingerprint density at radius 2 is 2.03 bits per heavy atom. The summed E-state index contributed by atoms with van der Waals surface area (Å²) in [6.07, 6.45) is 2.10. The zero-order valence-electron chi connectivity index (χ0n) is 16.8. The Hall–Kier alpha value is -3.06. The zero-order valence-corrected chi connectivity index (χ0v) is 16.8. The fourth-order valence-corrected chi connectivity index (χ4v) is 2.97. The Kier molecular flexibility index (Phi) is 7.47. The van der Waals surface area contributed by atoms with Crippen molar-refractivity contribution in [2.24, 2.45) is 4.99 Å². The number of nitrogens with zero attached hydrogens (tertiary/aromatic N) is 1. The Labute approximate surface area is 171 Å². The van der Waals surface area contributed by atoms with E-state index in [0.717, 1.165) is 30.9 Å². The predicted molar refractivity (Wildman–Crippen MR) is 113 cm³/mol. The molecule has 1 amide bonds. The van der Waals surface area contributed by atoms with Gasteiger partial charge in [-0.05, 0) is 62.2 Å². The van der Waals surface area contributed by atoms with Gasteiger partial charge in [-0.15, -0.1) is 0 Å². The van der Waals surface area contributed by atoms with Crippen LogP contribution in [0.15, 0.2) is 53.5 Å². The third-order valence-electron chi connectivity index (χ3n) is 4.47. The van der Waals surface area contributed by atoms with Gasteiger partial charge in [-0.25, -0.2) is 4.99 Å². The number of anilines is 1. The van der Waals surface area contributed by atoms with E-state index in [0.29, 0.717) is 30.4 Å². The van der Waals surface area contributed by atoms with Gasteiger partial charge < -0.3 is 19.5 Å². The van der Waals surface area contributed by atoms with Gasteiger partial charge in [0.05, 0.1) is 26.4 Å². The largest absolute Gasteiger partial charge is 0.497 e. The summed E-state index contributed by atoms with van der Waals surface area (Å²) < 4.78 is 16.3. The van der Waals surface area contributed by atoms with E-state index in [-0.39, 0.29) is 12.0 Å². The maximum atomic E-state index is 12.7. The number of nitrogens with one attached hydrogen (secondary N) is 2. The molecule has 154 valence electrons. The topological polar surface area (TPSA) is 81.2 Å². The van der Waals surface area contributed by atoms with Gasteiger partial charge in [0, 0.05) is 17.9 Å². The summed E-state index contributed by atoms with van der Waals surface area (Å²) in [4.78, 5) is 17.3. The fourth-order valence-electron chi connectivity index (χ4n) is 2.97. The molecule has 1 heterocycles. The second-order valence-corrected chi connectivity index (χ2v) is 6.59. The summed E-state index contributed by atoms with van der Waals surface area (Å²) in [7, 11) is 1.57. The average Bonchev–Trinajstić information content (AvgIpc) is 3.27. The lowest BCUT2D eigenvalue weighted by atomic mass is 10.2. The molecular formula is C22H27N3O4. The number of methoxy groups -OCH3 is 1. The van der Waals surface area contributed by atoms with E-state index in [4.69, 9.17) is 14.2 Å². The second kappa shape index (κ2) is 10.5. The Morgan fingerprint density at radius 1 is 1.21 bits per heavy atom. The molecule has 0 spiro atoms. The van der Waals surface area contributed by atoms with Crippen LogP contribution in [0, 0.1) is 0 Å². The summed E-state index contributed by atoms with van der Waals surface area (Å²) in [6.45, 7) is 3.79. The number of hydrogen-bond acceptors (Lipinski definition) is 5. The summed E-state index contributed by atoms with van der Waals surface area (Å²) in [5, 5.41) is 6.03. The first kappa shape index (κ1) is 20.7. The molecule has 7 nitrogen and oxygen atoms in total. The van der Waals surface area contributed by atoms with Crippen LogP contribution in [0.1, 0.15) is 30.1 Å². The molecule has 2 aromatic carbocycles. The van der Waals surface area contributed by atoms with Gasteiger partial charge in [0.2, 0.25) is 5.96 Å². The number of aliphatic imine (C=N–C) groups is 1. The zero-order chi connectivity index (χ0) is 20.5. The van der Waals surface area contributed by atoms with Crippen LogP contribution in [0.25, 0.3) is 0 Å². The molecule has 0 radical (unpaired) electrons. The number of ether oxygens (including phenoxy) is 3. The van der Waals surface area contributed by atoms with Crippen molar-refractivity contribution in [3.05, 3.63) is 54.1 Å². The minimum Gasteiger partial charge on any atom is -0.497 e. The van der Waals surface area contributed by atoms with Gasteiger partial charge in [0.15, 0.2) is 0 Å².